The molecule has 0 aliphatic heterocycles. The summed E-state index contributed by atoms with van der Waals surface area (Å²) in [6.45, 7) is 8.29. The number of rotatable bonds is 57. The normalized spacial score (nSPS) is 13.0. The van der Waals surface area contributed by atoms with Crippen molar-refractivity contribution in [3.63, 3.8) is 0 Å². The molecule has 1 aromatic carbocycles. The van der Waals surface area contributed by atoms with E-state index >= 15 is 0 Å². The molecule has 85 heavy (non-hydrogen) atoms. The third-order valence-corrected chi connectivity index (χ3v) is 15.1. The van der Waals surface area contributed by atoms with Gasteiger partial charge in [-0.05, 0) is 134 Å². The number of hydrogen-bond acceptors (Lipinski definition) is 13. The van der Waals surface area contributed by atoms with Crippen molar-refractivity contribution >= 4 is 41.5 Å². The zero-order valence-corrected chi connectivity index (χ0v) is 53.7. The van der Waals surface area contributed by atoms with E-state index in [2.05, 4.69) is 67.9 Å². The molecule has 15 heteroatoms. The van der Waals surface area contributed by atoms with Gasteiger partial charge in [0, 0.05) is 43.7 Å². The van der Waals surface area contributed by atoms with Gasteiger partial charge in [0.25, 0.3) is 0 Å². The van der Waals surface area contributed by atoms with E-state index in [0.717, 1.165) is 160 Å². The van der Waals surface area contributed by atoms with E-state index in [9.17, 15) is 34.2 Å². The monoisotopic (exact) mass is 1200 g/mol. The van der Waals surface area contributed by atoms with Gasteiger partial charge in [-0.3, -0.25) is 25.0 Å². The highest BCUT2D eigenvalue weighted by Gasteiger charge is 2.20. The molecule has 15 nitrogen and oxygen atoms in total. The average Bonchev–Trinajstić information content (AvgIpc) is 3.61. The molecule has 0 saturated heterocycles. The van der Waals surface area contributed by atoms with Gasteiger partial charge in [0.2, 0.25) is 0 Å². The predicted octanol–water partition coefficient (Wildman–Crippen LogP) is 17.9. The van der Waals surface area contributed by atoms with Crippen LogP contribution >= 0.6 is 0 Å². The van der Waals surface area contributed by atoms with Crippen LogP contribution in [0.2, 0.25) is 0 Å². The lowest BCUT2D eigenvalue weighted by atomic mass is 10.1. The predicted molar refractivity (Wildman–Crippen MR) is 345 cm³/mol. The van der Waals surface area contributed by atoms with Gasteiger partial charge in [-0.1, -0.05) is 192 Å². The molecule has 0 aromatic heterocycles. The second-order valence-electron chi connectivity index (χ2n) is 23.2. The van der Waals surface area contributed by atoms with Gasteiger partial charge < -0.3 is 39.0 Å². The van der Waals surface area contributed by atoms with E-state index in [1.807, 2.05) is 6.92 Å². The van der Waals surface area contributed by atoms with Crippen LogP contribution in [-0.2, 0) is 38.1 Å². The van der Waals surface area contributed by atoms with Crippen molar-refractivity contribution in [1.82, 2.24) is 0 Å². The first-order chi connectivity index (χ1) is 41.4. The Labute approximate surface area is 515 Å². The largest absolute Gasteiger partial charge is 0.462 e. The van der Waals surface area contributed by atoms with Gasteiger partial charge in [0.05, 0.1) is 18.8 Å². The Morgan fingerprint density at radius 2 is 0.894 bits per heavy atom. The number of esters is 3. The molecule has 4 unspecified atom stereocenters. The number of allylic oxidation sites excluding steroid dienone is 3. The maximum Gasteiger partial charge on any atom is 0.411 e. The van der Waals surface area contributed by atoms with Gasteiger partial charge in [0.1, 0.15) is 19.3 Å². The van der Waals surface area contributed by atoms with Crippen LogP contribution in [0.15, 0.2) is 54.7 Å². The van der Waals surface area contributed by atoms with Crippen LogP contribution < -0.4 is 10.6 Å². The maximum atomic E-state index is 13.0. The van der Waals surface area contributed by atoms with Gasteiger partial charge >= 0.3 is 30.1 Å². The standard InChI is InChI=1S/C70H120N2O13/c1-5-8-11-32-43-61(74)45-34-26-20-14-17-23-29-38-49-66(76)82-57-64(84-68(78)51-40-31-25-18-15-21-27-35-46-62(75)44-33-12-9-6-2)58-83-67(77)50-39-30-24-19-16-22-28-37-48-63(47-36-13-10-7-3)85-70(80)71-60-53-52-59(4)65(56-60)72-69(79)81-55-42-41-54-73/h26-28,34-35,37,52-53,56,61-64,73-75H,5-25,29-33,36,38-51,54-55,57-58H2,1-4H3,(H,71,80)(H,72,79)/b34-26-,35-27-,37-28-. The van der Waals surface area contributed by atoms with Crippen molar-refractivity contribution in [2.75, 3.05) is 37.1 Å². The van der Waals surface area contributed by atoms with Crippen molar-refractivity contribution in [2.24, 2.45) is 0 Å². The molecule has 2 amide bonds. The molecule has 1 rings (SSSR count). The molecule has 1 aromatic rings. The van der Waals surface area contributed by atoms with E-state index in [0.29, 0.717) is 62.7 Å². The third-order valence-electron chi connectivity index (χ3n) is 15.1. The van der Waals surface area contributed by atoms with Crippen LogP contribution in [0.4, 0.5) is 21.0 Å². The number of ether oxygens (including phenoxy) is 5. The fourth-order valence-electron chi connectivity index (χ4n) is 9.70. The molecule has 0 aliphatic rings. The first-order valence-corrected chi connectivity index (χ1v) is 33.8. The Morgan fingerprint density at radius 3 is 1.39 bits per heavy atom. The summed E-state index contributed by atoms with van der Waals surface area (Å²) in [5, 5.41) is 34.8. The van der Waals surface area contributed by atoms with Crippen molar-refractivity contribution < 1.29 is 63.0 Å². The summed E-state index contributed by atoms with van der Waals surface area (Å²) in [6, 6.07) is 5.22. The molecule has 0 fully saturated rings. The van der Waals surface area contributed by atoms with E-state index < -0.39 is 24.3 Å². The van der Waals surface area contributed by atoms with Gasteiger partial charge in [-0.25, -0.2) is 9.59 Å². The number of aliphatic hydroxyl groups excluding tert-OH is 3. The van der Waals surface area contributed by atoms with E-state index in [-0.39, 0.29) is 75.9 Å². The van der Waals surface area contributed by atoms with Crippen molar-refractivity contribution in [2.45, 2.75) is 315 Å². The second kappa shape index (κ2) is 57.0. The topological polar surface area (TPSA) is 216 Å². The Bertz CT molecular complexity index is 1910. The highest BCUT2D eigenvalue weighted by atomic mass is 16.6. The average molecular weight is 1200 g/mol. The molecule has 0 spiro atoms. The highest BCUT2D eigenvalue weighted by molar-refractivity contribution is 5.89. The Hall–Kier alpha value is -4.73. The molecule has 0 saturated carbocycles. The third kappa shape index (κ3) is 50.0. The van der Waals surface area contributed by atoms with Crippen LogP contribution in [0.1, 0.15) is 290 Å². The summed E-state index contributed by atoms with van der Waals surface area (Å²) in [5.74, 6) is -1.13. The molecule has 0 aliphatic carbocycles. The second-order valence-corrected chi connectivity index (χ2v) is 23.2. The van der Waals surface area contributed by atoms with Crippen molar-refractivity contribution in [3.05, 3.63) is 60.2 Å². The van der Waals surface area contributed by atoms with Crippen molar-refractivity contribution in [1.29, 1.82) is 0 Å². The van der Waals surface area contributed by atoms with Crippen LogP contribution in [0, 0.1) is 6.92 Å². The zero-order chi connectivity index (χ0) is 62.1. The van der Waals surface area contributed by atoms with E-state index in [1.165, 1.54) is 38.5 Å². The summed E-state index contributed by atoms with van der Waals surface area (Å²) in [6.07, 6.45) is 46.8. The summed E-state index contributed by atoms with van der Waals surface area (Å²) in [5.41, 5.74) is 1.81. The van der Waals surface area contributed by atoms with Gasteiger partial charge in [-0.15, -0.1) is 0 Å². The van der Waals surface area contributed by atoms with Gasteiger partial charge in [0.15, 0.2) is 6.10 Å². The summed E-state index contributed by atoms with van der Waals surface area (Å²) in [4.78, 5) is 63.9. The van der Waals surface area contributed by atoms with Crippen LogP contribution in [0.25, 0.3) is 0 Å². The molecule has 4 atom stereocenters. The lowest BCUT2D eigenvalue weighted by molar-refractivity contribution is -0.167. The molecular weight excluding hydrogens is 1080 g/mol. The number of amides is 2. The number of unbranched alkanes of at least 4 members (excludes halogenated alkanes) is 25. The number of aryl methyl sites for hydroxylation is 1. The minimum absolute atomic E-state index is 0.0394. The molecule has 488 valence electrons. The van der Waals surface area contributed by atoms with Crippen LogP contribution in [0.3, 0.4) is 0 Å². The summed E-state index contributed by atoms with van der Waals surface area (Å²) < 4.78 is 27.9. The molecule has 0 heterocycles. The molecular formula is C70H120N2O13. The lowest BCUT2D eigenvalue weighted by Gasteiger charge is -2.18. The SMILES string of the molecule is CCCCCCC(O)C/C=C\CCCCCCCC(=O)OCC(COC(=O)CCCCCCC/C=C\CC(CCCCCC)OC(=O)Nc1ccc(C)c(NC(=O)OCCCCO)c1)OC(=O)CCCCCCC/C=C\CC(O)CCCCCC. The number of nitrogens with one attached hydrogen (secondary N) is 2. The maximum absolute atomic E-state index is 13.0. The van der Waals surface area contributed by atoms with Crippen LogP contribution in [0.5, 0.6) is 0 Å². The minimum Gasteiger partial charge on any atom is -0.462 e. The molecule has 0 bridgehead atoms. The minimum atomic E-state index is -0.880. The molecule has 0 radical (unpaired) electrons. The van der Waals surface area contributed by atoms with E-state index in [1.54, 1.807) is 18.2 Å². The number of carbonyl (C=O) groups is 5. The Morgan fingerprint density at radius 1 is 0.447 bits per heavy atom. The van der Waals surface area contributed by atoms with Gasteiger partial charge in [-0.2, -0.15) is 0 Å². The lowest BCUT2D eigenvalue weighted by Crippen LogP contribution is -2.30. The van der Waals surface area contributed by atoms with Crippen molar-refractivity contribution in [3.8, 4) is 0 Å². The summed E-state index contributed by atoms with van der Waals surface area (Å²) >= 11 is 0. The summed E-state index contributed by atoms with van der Waals surface area (Å²) in [7, 11) is 0. The molecule has 5 N–H and O–H groups in total. The number of benzene rings is 1. The highest BCUT2D eigenvalue weighted by Crippen LogP contribution is 2.23. The Balaban J connectivity index is 2.54. The van der Waals surface area contributed by atoms with E-state index in [4.69, 9.17) is 28.8 Å². The Kier molecular flexibility index (Phi) is 52.5. The number of anilines is 2. The zero-order valence-electron chi connectivity index (χ0n) is 53.7. The smallest absolute Gasteiger partial charge is 0.411 e. The first kappa shape index (κ1) is 78.3. The van der Waals surface area contributed by atoms with Crippen LogP contribution in [-0.4, -0.2) is 96.3 Å². The number of carbonyl (C=O) groups excluding carboxylic acids is 5. The quantitative estimate of drug-likeness (QED) is 0.0178. The number of hydrogen-bond donors (Lipinski definition) is 5. The fourth-order valence-corrected chi connectivity index (χ4v) is 9.70. The fraction of sp³-hybridized carbons (Fsp3) is 0.757. The first-order valence-electron chi connectivity index (χ1n) is 33.8. The number of aliphatic hydroxyl groups is 3.